The van der Waals surface area contributed by atoms with E-state index in [4.69, 9.17) is 4.74 Å². The third-order valence-corrected chi connectivity index (χ3v) is 6.20. The topological polar surface area (TPSA) is 92.8 Å². The molecule has 1 aromatic carbocycles. The van der Waals surface area contributed by atoms with Gasteiger partial charge in [-0.2, -0.15) is 0 Å². The first-order chi connectivity index (χ1) is 12.0. The smallest absolute Gasteiger partial charge is 0.262 e. The molecule has 0 atom stereocenters. The summed E-state index contributed by atoms with van der Waals surface area (Å²) in [5, 5.41) is 2.59. The van der Waals surface area contributed by atoms with Crippen LogP contribution in [0.2, 0.25) is 0 Å². The summed E-state index contributed by atoms with van der Waals surface area (Å²) in [4.78, 5) is 25.5. The molecule has 0 radical (unpaired) electrons. The number of fused-ring (bicyclic) bond motifs is 1. The van der Waals surface area contributed by atoms with Gasteiger partial charge in [0.15, 0.2) is 16.4 Å². The zero-order valence-electron chi connectivity index (χ0n) is 14.0. The van der Waals surface area contributed by atoms with E-state index >= 15 is 0 Å². The van der Waals surface area contributed by atoms with E-state index in [-0.39, 0.29) is 35.5 Å². The molecule has 2 heterocycles. The Labute approximate surface area is 147 Å². The van der Waals surface area contributed by atoms with Crippen molar-refractivity contribution in [2.45, 2.75) is 37.0 Å². The Morgan fingerprint density at radius 3 is 2.60 bits per heavy atom. The molecule has 0 aliphatic carbocycles. The van der Waals surface area contributed by atoms with Gasteiger partial charge in [0.1, 0.15) is 5.75 Å². The van der Waals surface area contributed by atoms with E-state index in [0.717, 1.165) is 25.7 Å². The molecule has 1 saturated heterocycles. The number of carbonyl (C=O) groups is 2. The van der Waals surface area contributed by atoms with Crippen molar-refractivity contribution >= 4 is 27.3 Å². The minimum Gasteiger partial charge on any atom is -0.482 e. The molecule has 2 amide bonds. The first-order valence-electron chi connectivity index (χ1n) is 8.53. The van der Waals surface area contributed by atoms with Crippen LogP contribution >= 0.6 is 0 Å². The fourth-order valence-corrected chi connectivity index (χ4v) is 4.33. The maximum Gasteiger partial charge on any atom is 0.262 e. The molecule has 0 bridgehead atoms. The molecule has 8 heteroatoms. The van der Waals surface area contributed by atoms with Crippen molar-refractivity contribution < 1.29 is 22.7 Å². The van der Waals surface area contributed by atoms with Gasteiger partial charge in [-0.25, -0.2) is 8.42 Å². The van der Waals surface area contributed by atoms with Crippen LogP contribution in [0.15, 0.2) is 23.1 Å². The average Bonchev–Trinajstić information content (AvgIpc) is 2.88. The number of ether oxygens (including phenoxy) is 1. The lowest BCUT2D eigenvalue weighted by atomic mass is 10.2. The van der Waals surface area contributed by atoms with Gasteiger partial charge in [-0.3, -0.25) is 9.59 Å². The number of carbonyl (C=O) groups excluding carboxylic acids is 2. The molecular formula is C17H22N2O5S. The molecule has 2 aliphatic rings. The highest BCUT2D eigenvalue weighted by atomic mass is 32.2. The van der Waals surface area contributed by atoms with Crippen LogP contribution < -0.4 is 10.1 Å². The van der Waals surface area contributed by atoms with Gasteiger partial charge in [0, 0.05) is 19.5 Å². The maximum absolute atomic E-state index is 12.5. The minimum atomic E-state index is -3.61. The Morgan fingerprint density at radius 1 is 1.16 bits per heavy atom. The predicted octanol–water partition coefficient (Wildman–Crippen LogP) is 1.58. The third-order valence-electron chi connectivity index (χ3n) is 4.49. The largest absolute Gasteiger partial charge is 0.482 e. The molecule has 3 rings (SSSR count). The third kappa shape index (κ3) is 4.31. The van der Waals surface area contributed by atoms with Crippen molar-refractivity contribution in [3.8, 4) is 5.75 Å². The van der Waals surface area contributed by atoms with E-state index in [0.29, 0.717) is 24.5 Å². The van der Waals surface area contributed by atoms with E-state index in [1.54, 1.807) is 4.90 Å². The Balaban J connectivity index is 1.66. The van der Waals surface area contributed by atoms with E-state index in [1.807, 2.05) is 0 Å². The first-order valence-corrected chi connectivity index (χ1v) is 10.2. The van der Waals surface area contributed by atoms with Crippen LogP contribution in [-0.4, -0.2) is 50.6 Å². The summed E-state index contributed by atoms with van der Waals surface area (Å²) in [6, 6.07) is 4.36. The van der Waals surface area contributed by atoms with Gasteiger partial charge in [0.25, 0.3) is 5.91 Å². The molecule has 25 heavy (non-hydrogen) atoms. The first kappa shape index (κ1) is 17.7. The molecule has 2 aliphatic heterocycles. The van der Waals surface area contributed by atoms with Gasteiger partial charge in [-0.15, -0.1) is 0 Å². The van der Waals surface area contributed by atoms with E-state index in [2.05, 4.69) is 5.32 Å². The number of anilines is 1. The summed E-state index contributed by atoms with van der Waals surface area (Å²) < 4.78 is 30.3. The number of nitrogens with one attached hydrogen (secondary N) is 1. The number of rotatable bonds is 4. The quantitative estimate of drug-likeness (QED) is 0.873. The number of benzene rings is 1. The van der Waals surface area contributed by atoms with Gasteiger partial charge >= 0.3 is 0 Å². The van der Waals surface area contributed by atoms with Crippen LogP contribution in [0, 0.1) is 0 Å². The second-order valence-electron chi connectivity index (χ2n) is 6.36. The molecule has 0 unspecified atom stereocenters. The van der Waals surface area contributed by atoms with Gasteiger partial charge in [-0.05, 0) is 31.0 Å². The fraction of sp³-hybridized carbons (Fsp3) is 0.529. The SMILES string of the molecule is O=C1COc2ccc(S(=O)(=O)CCC(=O)N3CCCCCC3)cc2N1. The summed E-state index contributed by atoms with van der Waals surface area (Å²) in [6.07, 6.45) is 4.16. The Bertz CT molecular complexity index is 767. The molecule has 0 spiro atoms. The second kappa shape index (κ2) is 7.43. The summed E-state index contributed by atoms with van der Waals surface area (Å²) in [5.41, 5.74) is 0.344. The highest BCUT2D eigenvalue weighted by Gasteiger charge is 2.23. The van der Waals surface area contributed by atoms with E-state index < -0.39 is 9.84 Å². The van der Waals surface area contributed by atoms with Crippen molar-refractivity contribution in [2.75, 3.05) is 30.8 Å². The molecule has 0 aromatic heterocycles. The Kier molecular flexibility index (Phi) is 5.27. The number of amides is 2. The molecule has 1 fully saturated rings. The fourth-order valence-electron chi connectivity index (χ4n) is 3.07. The normalized spacial score (nSPS) is 17.9. The van der Waals surface area contributed by atoms with Crippen LogP contribution in [0.5, 0.6) is 5.75 Å². The molecule has 136 valence electrons. The molecule has 1 N–H and O–H groups in total. The van der Waals surface area contributed by atoms with E-state index in [1.165, 1.54) is 18.2 Å². The summed E-state index contributed by atoms with van der Waals surface area (Å²) in [5.74, 6) is -0.228. The molecule has 0 saturated carbocycles. The highest BCUT2D eigenvalue weighted by Crippen LogP contribution is 2.30. The van der Waals surface area contributed by atoms with Gasteiger partial charge in [0.2, 0.25) is 5.91 Å². The van der Waals surface area contributed by atoms with Crippen LogP contribution in [-0.2, 0) is 19.4 Å². The number of nitrogens with zero attached hydrogens (tertiary/aromatic N) is 1. The zero-order chi connectivity index (χ0) is 17.9. The summed E-state index contributed by atoms with van der Waals surface area (Å²) >= 11 is 0. The van der Waals surface area contributed by atoms with Crippen molar-refractivity contribution in [1.82, 2.24) is 4.90 Å². The number of likely N-dealkylation sites (tertiary alicyclic amines) is 1. The standard InChI is InChI=1S/C17H22N2O5S/c20-16-12-24-15-6-5-13(11-14(15)18-16)25(22,23)10-7-17(21)19-8-3-1-2-4-9-19/h5-6,11H,1-4,7-10,12H2,(H,18,20). The highest BCUT2D eigenvalue weighted by molar-refractivity contribution is 7.91. The summed E-state index contributed by atoms with van der Waals surface area (Å²) in [7, 11) is -3.61. The lowest BCUT2D eigenvalue weighted by Gasteiger charge is -2.20. The van der Waals surface area contributed by atoms with Crippen molar-refractivity contribution in [3.63, 3.8) is 0 Å². The average molecular weight is 366 g/mol. The Morgan fingerprint density at radius 2 is 1.88 bits per heavy atom. The lowest BCUT2D eigenvalue weighted by molar-refractivity contribution is -0.130. The lowest BCUT2D eigenvalue weighted by Crippen LogP contribution is -2.33. The van der Waals surface area contributed by atoms with Crippen molar-refractivity contribution in [1.29, 1.82) is 0 Å². The van der Waals surface area contributed by atoms with Crippen LogP contribution in [0.4, 0.5) is 5.69 Å². The zero-order valence-corrected chi connectivity index (χ0v) is 14.8. The minimum absolute atomic E-state index is 0.0255. The number of hydrogen-bond donors (Lipinski definition) is 1. The van der Waals surface area contributed by atoms with Crippen molar-refractivity contribution in [2.24, 2.45) is 0 Å². The maximum atomic E-state index is 12.5. The van der Waals surface area contributed by atoms with Gasteiger partial charge in [0.05, 0.1) is 16.3 Å². The van der Waals surface area contributed by atoms with E-state index in [9.17, 15) is 18.0 Å². The van der Waals surface area contributed by atoms with Crippen molar-refractivity contribution in [3.05, 3.63) is 18.2 Å². The summed E-state index contributed by atoms with van der Waals surface area (Å²) in [6.45, 7) is 1.34. The number of sulfone groups is 1. The van der Waals surface area contributed by atoms with Gasteiger partial charge in [-0.1, -0.05) is 12.8 Å². The number of hydrogen-bond acceptors (Lipinski definition) is 5. The van der Waals surface area contributed by atoms with Crippen LogP contribution in [0.3, 0.4) is 0 Å². The predicted molar refractivity (Wildman–Crippen MR) is 92.3 cm³/mol. The molecular weight excluding hydrogens is 344 g/mol. The second-order valence-corrected chi connectivity index (χ2v) is 8.47. The molecule has 7 nitrogen and oxygen atoms in total. The monoisotopic (exact) mass is 366 g/mol. The Hall–Kier alpha value is -2.09. The van der Waals surface area contributed by atoms with Crippen LogP contribution in [0.1, 0.15) is 32.1 Å². The van der Waals surface area contributed by atoms with Crippen LogP contribution in [0.25, 0.3) is 0 Å². The molecule has 1 aromatic rings. The van der Waals surface area contributed by atoms with Gasteiger partial charge < -0.3 is 15.0 Å².